The maximum Gasteiger partial charge on any atom is 0.142 e. The van der Waals surface area contributed by atoms with Crippen molar-refractivity contribution in [2.75, 3.05) is 19.1 Å². The molecule has 0 saturated carbocycles. The largest absolute Gasteiger partial charge is 0.495 e. The summed E-state index contributed by atoms with van der Waals surface area (Å²) in [6, 6.07) is 16.3. The third-order valence-electron chi connectivity index (χ3n) is 3.58. The normalized spacial score (nSPS) is 12.0. The summed E-state index contributed by atoms with van der Waals surface area (Å²) >= 11 is 0. The van der Waals surface area contributed by atoms with Crippen LogP contribution < -0.4 is 15.4 Å². The summed E-state index contributed by atoms with van der Waals surface area (Å²) in [5.74, 6) is 0.856. The van der Waals surface area contributed by atoms with Gasteiger partial charge in [-0.25, -0.2) is 0 Å². The zero-order valence-corrected chi connectivity index (χ0v) is 12.3. The Bertz CT molecular complexity index is 568. The number of rotatable bonds is 5. The zero-order chi connectivity index (χ0) is 14.5. The van der Waals surface area contributed by atoms with Crippen molar-refractivity contribution in [2.24, 2.45) is 5.73 Å². The van der Waals surface area contributed by atoms with Crippen LogP contribution in [0.25, 0.3) is 0 Å². The van der Waals surface area contributed by atoms with Crippen molar-refractivity contribution in [3.8, 4) is 5.75 Å². The molecule has 20 heavy (non-hydrogen) atoms. The predicted octanol–water partition coefficient (Wildman–Crippen LogP) is 3.87. The van der Waals surface area contributed by atoms with Crippen LogP contribution in [0.2, 0.25) is 0 Å². The second-order valence-corrected chi connectivity index (χ2v) is 4.80. The van der Waals surface area contributed by atoms with Gasteiger partial charge >= 0.3 is 0 Å². The minimum Gasteiger partial charge on any atom is -0.495 e. The number of hydrogen-bond donors (Lipinski definition) is 1. The van der Waals surface area contributed by atoms with Gasteiger partial charge in [-0.1, -0.05) is 37.3 Å². The van der Waals surface area contributed by atoms with Crippen LogP contribution in [-0.4, -0.2) is 14.2 Å². The second kappa shape index (κ2) is 6.44. The summed E-state index contributed by atoms with van der Waals surface area (Å²) in [6.45, 7) is 2.10. The molecule has 3 heteroatoms. The lowest BCUT2D eigenvalue weighted by atomic mass is 10.0. The molecule has 0 aliphatic carbocycles. The van der Waals surface area contributed by atoms with E-state index < -0.39 is 0 Å². The minimum absolute atomic E-state index is 0.0448. The molecule has 2 rings (SSSR count). The van der Waals surface area contributed by atoms with Gasteiger partial charge in [0.05, 0.1) is 12.8 Å². The van der Waals surface area contributed by atoms with Crippen molar-refractivity contribution in [1.82, 2.24) is 0 Å². The molecule has 0 aliphatic rings. The van der Waals surface area contributed by atoms with Crippen LogP contribution in [0.4, 0.5) is 11.4 Å². The molecule has 1 unspecified atom stereocenters. The van der Waals surface area contributed by atoms with Gasteiger partial charge in [-0.2, -0.15) is 0 Å². The van der Waals surface area contributed by atoms with Crippen LogP contribution in [0.15, 0.2) is 48.5 Å². The standard InChI is InChI=1S/C17H22N2O/c1-4-14(18)13-9-5-6-10-15(13)19(2)16-11-7-8-12-17(16)20-3/h5-12,14H,4,18H2,1-3H3. The lowest BCUT2D eigenvalue weighted by Gasteiger charge is -2.26. The lowest BCUT2D eigenvalue weighted by Crippen LogP contribution is -2.17. The van der Waals surface area contributed by atoms with Gasteiger partial charge < -0.3 is 15.4 Å². The third kappa shape index (κ3) is 2.78. The summed E-state index contributed by atoms with van der Waals surface area (Å²) in [7, 11) is 3.73. The second-order valence-electron chi connectivity index (χ2n) is 4.80. The molecule has 0 fully saturated rings. The molecule has 3 nitrogen and oxygen atoms in total. The van der Waals surface area contributed by atoms with Gasteiger partial charge in [0.2, 0.25) is 0 Å². The fraction of sp³-hybridized carbons (Fsp3) is 0.294. The van der Waals surface area contributed by atoms with E-state index in [9.17, 15) is 0 Å². The molecular weight excluding hydrogens is 248 g/mol. The molecule has 0 spiro atoms. The smallest absolute Gasteiger partial charge is 0.142 e. The van der Waals surface area contributed by atoms with Crippen molar-refractivity contribution >= 4 is 11.4 Å². The molecule has 0 radical (unpaired) electrons. The Morgan fingerprint density at radius 2 is 1.65 bits per heavy atom. The number of methoxy groups -OCH3 is 1. The highest BCUT2D eigenvalue weighted by molar-refractivity contribution is 5.71. The zero-order valence-electron chi connectivity index (χ0n) is 12.3. The number of anilines is 2. The molecule has 0 amide bonds. The van der Waals surface area contributed by atoms with E-state index in [4.69, 9.17) is 10.5 Å². The van der Waals surface area contributed by atoms with Gasteiger partial charge in [-0.3, -0.25) is 0 Å². The van der Waals surface area contributed by atoms with Crippen LogP contribution in [0.3, 0.4) is 0 Å². The van der Waals surface area contributed by atoms with E-state index >= 15 is 0 Å². The highest BCUT2D eigenvalue weighted by Gasteiger charge is 2.15. The number of ether oxygens (including phenoxy) is 1. The summed E-state index contributed by atoms with van der Waals surface area (Å²) in [6.07, 6.45) is 0.913. The minimum atomic E-state index is 0.0448. The van der Waals surface area contributed by atoms with E-state index in [0.717, 1.165) is 29.1 Å². The Kier molecular flexibility index (Phi) is 4.64. The SMILES string of the molecule is CCC(N)c1ccccc1N(C)c1ccccc1OC. The fourth-order valence-corrected chi connectivity index (χ4v) is 2.36. The van der Waals surface area contributed by atoms with Gasteiger partial charge in [0.1, 0.15) is 5.75 Å². The fourth-order valence-electron chi connectivity index (χ4n) is 2.36. The molecule has 2 aromatic rings. The number of para-hydroxylation sites is 3. The highest BCUT2D eigenvalue weighted by Crippen LogP contribution is 2.35. The summed E-state index contributed by atoms with van der Waals surface area (Å²) in [5, 5.41) is 0. The first kappa shape index (κ1) is 14.4. The monoisotopic (exact) mass is 270 g/mol. The van der Waals surface area contributed by atoms with E-state index in [1.54, 1.807) is 7.11 Å². The van der Waals surface area contributed by atoms with Crippen molar-refractivity contribution in [1.29, 1.82) is 0 Å². The molecule has 2 N–H and O–H groups in total. The molecule has 2 aromatic carbocycles. The van der Waals surface area contributed by atoms with Crippen LogP contribution in [0.1, 0.15) is 24.9 Å². The van der Waals surface area contributed by atoms with E-state index in [1.165, 1.54) is 0 Å². The third-order valence-corrected chi connectivity index (χ3v) is 3.58. The Hall–Kier alpha value is -2.00. The quantitative estimate of drug-likeness (QED) is 0.896. The molecular formula is C17H22N2O. The topological polar surface area (TPSA) is 38.5 Å². The van der Waals surface area contributed by atoms with Crippen LogP contribution in [0, 0.1) is 0 Å². The Labute approximate surface area is 121 Å². The van der Waals surface area contributed by atoms with Crippen LogP contribution in [-0.2, 0) is 0 Å². The lowest BCUT2D eigenvalue weighted by molar-refractivity contribution is 0.415. The molecule has 106 valence electrons. The maximum atomic E-state index is 6.22. The molecule has 0 heterocycles. The van der Waals surface area contributed by atoms with E-state index in [1.807, 2.05) is 43.4 Å². The van der Waals surface area contributed by atoms with Crippen molar-refractivity contribution in [3.63, 3.8) is 0 Å². The summed E-state index contributed by atoms with van der Waals surface area (Å²) < 4.78 is 5.44. The summed E-state index contributed by atoms with van der Waals surface area (Å²) in [4.78, 5) is 2.13. The Morgan fingerprint density at radius 3 is 2.30 bits per heavy atom. The average Bonchev–Trinajstić information content (AvgIpc) is 2.53. The van der Waals surface area contributed by atoms with Crippen LogP contribution in [0.5, 0.6) is 5.75 Å². The van der Waals surface area contributed by atoms with Crippen LogP contribution >= 0.6 is 0 Å². The number of hydrogen-bond acceptors (Lipinski definition) is 3. The van der Waals surface area contributed by atoms with Crippen molar-refractivity contribution in [3.05, 3.63) is 54.1 Å². The number of nitrogens with zero attached hydrogens (tertiary/aromatic N) is 1. The molecule has 0 bridgehead atoms. The predicted molar refractivity (Wildman–Crippen MR) is 84.7 cm³/mol. The van der Waals surface area contributed by atoms with Gasteiger partial charge in [-0.15, -0.1) is 0 Å². The number of benzene rings is 2. The first-order valence-corrected chi connectivity index (χ1v) is 6.90. The Balaban J connectivity index is 2.45. The van der Waals surface area contributed by atoms with Gasteiger partial charge in [-0.05, 0) is 30.2 Å². The van der Waals surface area contributed by atoms with Crippen molar-refractivity contribution < 1.29 is 4.74 Å². The molecule has 0 saturated heterocycles. The van der Waals surface area contributed by atoms with Gasteiger partial charge in [0, 0.05) is 18.8 Å². The average molecular weight is 270 g/mol. The van der Waals surface area contributed by atoms with E-state index in [0.29, 0.717) is 0 Å². The van der Waals surface area contributed by atoms with E-state index in [2.05, 4.69) is 24.0 Å². The maximum absolute atomic E-state index is 6.22. The van der Waals surface area contributed by atoms with E-state index in [-0.39, 0.29) is 6.04 Å². The van der Waals surface area contributed by atoms with Gasteiger partial charge in [0.15, 0.2) is 0 Å². The Morgan fingerprint density at radius 1 is 1.05 bits per heavy atom. The summed E-state index contributed by atoms with van der Waals surface area (Å²) in [5.41, 5.74) is 9.53. The first-order chi connectivity index (χ1) is 9.69. The molecule has 0 aliphatic heterocycles. The van der Waals surface area contributed by atoms with Gasteiger partial charge in [0.25, 0.3) is 0 Å². The first-order valence-electron chi connectivity index (χ1n) is 6.90. The highest BCUT2D eigenvalue weighted by atomic mass is 16.5. The molecule has 0 aromatic heterocycles. The van der Waals surface area contributed by atoms with Crippen molar-refractivity contribution in [2.45, 2.75) is 19.4 Å². The number of nitrogens with two attached hydrogens (primary N) is 1. The molecule has 1 atom stereocenters.